The highest BCUT2D eigenvalue weighted by Gasteiger charge is 2.42. The monoisotopic (exact) mass is 570 g/mol. The van der Waals surface area contributed by atoms with E-state index in [1.54, 1.807) is 57.4 Å². The third kappa shape index (κ3) is 5.84. The van der Waals surface area contributed by atoms with E-state index in [4.69, 9.17) is 9.47 Å². The molecule has 1 N–H and O–H groups in total. The van der Waals surface area contributed by atoms with Crippen LogP contribution in [0.5, 0.6) is 5.75 Å². The van der Waals surface area contributed by atoms with Crippen molar-refractivity contribution in [1.29, 1.82) is 0 Å². The van der Waals surface area contributed by atoms with Crippen molar-refractivity contribution in [2.75, 3.05) is 55.1 Å². The fourth-order valence-corrected chi connectivity index (χ4v) is 5.12. The Morgan fingerprint density at radius 1 is 0.952 bits per heavy atom. The van der Waals surface area contributed by atoms with Gasteiger partial charge in [-0.25, -0.2) is 0 Å². The van der Waals surface area contributed by atoms with E-state index in [-0.39, 0.29) is 18.7 Å². The number of carbonyl (C=O) groups excluding carboxylic acids is 4. The zero-order chi connectivity index (χ0) is 29.9. The second kappa shape index (κ2) is 12.0. The Labute approximate surface area is 244 Å². The number of benzene rings is 3. The topological polar surface area (TPSA) is 108 Å². The summed E-state index contributed by atoms with van der Waals surface area (Å²) in [5.74, 6) is -1.64. The summed E-state index contributed by atoms with van der Waals surface area (Å²) in [5, 5.41) is 2.95. The van der Waals surface area contributed by atoms with E-state index < -0.39 is 29.0 Å². The number of hydrogen-bond acceptors (Lipinski definition) is 7. The van der Waals surface area contributed by atoms with Gasteiger partial charge in [0, 0.05) is 31.0 Å². The highest BCUT2D eigenvalue weighted by molar-refractivity contribution is 6.52. The SMILES string of the molecule is COc1ccc(CN(C(=O)CN2C(=O)C(=O)c3ccccc32)C(C)(C)C(=O)Nc2ccc(N3CCOCC3)cc2)cc1. The van der Waals surface area contributed by atoms with Gasteiger partial charge in [-0.3, -0.25) is 24.1 Å². The van der Waals surface area contributed by atoms with Gasteiger partial charge in [0.15, 0.2) is 0 Å². The average molecular weight is 571 g/mol. The summed E-state index contributed by atoms with van der Waals surface area (Å²) in [6.07, 6.45) is 0. The van der Waals surface area contributed by atoms with Crippen molar-refractivity contribution in [3.8, 4) is 5.75 Å². The maximum absolute atomic E-state index is 13.9. The van der Waals surface area contributed by atoms with Crippen molar-refractivity contribution in [1.82, 2.24) is 4.90 Å². The maximum Gasteiger partial charge on any atom is 0.299 e. The first kappa shape index (κ1) is 28.8. The van der Waals surface area contributed by atoms with Crippen LogP contribution in [0, 0.1) is 0 Å². The van der Waals surface area contributed by atoms with Crippen LogP contribution < -0.4 is 19.9 Å². The molecule has 5 rings (SSSR count). The van der Waals surface area contributed by atoms with Crippen molar-refractivity contribution in [3.63, 3.8) is 0 Å². The lowest BCUT2D eigenvalue weighted by Gasteiger charge is -2.38. The Hall–Kier alpha value is -4.70. The van der Waals surface area contributed by atoms with Gasteiger partial charge >= 0.3 is 0 Å². The normalized spacial score (nSPS) is 14.9. The predicted molar refractivity (Wildman–Crippen MR) is 159 cm³/mol. The number of hydrogen-bond donors (Lipinski definition) is 1. The highest BCUT2D eigenvalue weighted by Crippen LogP contribution is 2.30. The second-order valence-corrected chi connectivity index (χ2v) is 10.7. The molecule has 0 unspecified atom stereocenters. The van der Waals surface area contributed by atoms with Gasteiger partial charge in [-0.2, -0.15) is 0 Å². The number of ketones is 1. The first-order chi connectivity index (χ1) is 20.2. The van der Waals surface area contributed by atoms with E-state index in [0.29, 0.717) is 30.3 Å². The lowest BCUT2D eigenvalue weighted by atomic mass is 9.99. The summed E-state index contributed by atoms with van der Waals surface area (Å²) in [6, 6.07) is 21.3. The third-order valence-corrected chi connectivity index (χ3v) is 7.70. The number of carbonyl (C=O) groups is 4. The van der Waals surface area contributed by atoms with Crippen LogP contribution in [-0.4, -0.2) is 73.9 Å². The number of morpholine rings is 1. The Morgan fingerprint density at radius 2 is 1.62 bits per heavy atom. The van der Waals surface area contributed by atoms with Crippen LogP contribution in [0.4, 0.5) is 17.1 Å². The van der Waals surface area contributed by atoms with Crippen LogP contribution in [0.3, 0.4) is 0 Å². The van der Waals surface area contributed by atoms with Gasteiger partial charge in [-0.15, -0.1) is 0 Å². The second-order valence-electron chi connectivity index (χ2n) is 10.7. The minimum absolute atomic E-state index is 0.0941. The van der Waals surface area contributed by atoms with Gasteiger partial charge < -0.3 is 24.6 Å². The molecule has 218 valence electrons. The zero-order valence-electron chi connectivity index (χ0n) is 24.0. The van der Waals surface area contributed by atoms with Crippen molar-refractivity contribution >= 4 is 40.6 Å². The molecule has 0 bridgehead atoms. The van der Waals surface area contributed by atoms with Gasteiger partial charge in [0.2, 0.25) is 11.8 Å². The van der Waals surface area contributed by atoms with E-state index in [1.165, 1.54) is 9.80 Å². The van der Waals surface area contributed by atoms with Gasteiger partial charge in [-0.1, -0.05) is 24.3 Å². The van der Waals surface area contributed by atoms with Crippen LogP contribution in [0.2, 0.25) is 0 Å². The summed E-state index contributed by atoms with van der Waals surface area (Å²) in [6.45, 7) is 5.99. The Bertz CT molecular complexity index is 1480. The number of fused-ring (bicyclic) bond motifs is 1. The van der Waals surface area contributed by atoms with Crippen molar-refractivity contribution in [2.24, 2.45) is 0 Å². The molecule has 2 aliphatic heterocycles. The summed E-state index contributed by atoms with van der Waals surface area (Å²) in [7, 11) is 1.57. The predicted octanol–water partition coefficient (Wildman–Crippen LogP) is 3.51. The molecule has 0 radical (unpaired) electrons. The third-order valence-electron chi connectivity index (χ3n) is 7.70. The lowest BCUT2D eigenvalue weighted by Crippen LogP contribution is -2.57. The molecular formula is C32H34N4O6. The smallest absolute Gasteiger partial charge is 0.299 e. The van der Waals surface area contributed by atoms with Gasteiger partial charge in [0.25, 0.3) is 11.7 Å². The van der Waals surface area contributed by atoms with Crippen LogP contribution in [0.25, 0.3) is 0 Å². The molecule has 1 fully saturated rings. The number of methoxy groups -OCH3 is 1. The number of anilines is 3. The van der Waals surface area contributed by atoms with E-state index in [2.05, 4.69) is 10.2 Å². The number of Topliss-reactive ketones (excluding diaryl/α,β-unsaturated/α-hetero) is 1. The van der Waals surface area contributed by atoms with E-state index >= 15 is 0 Å². The molecule has 0 spiro atoms. The summed E-state index contributed by atoms with van der Waals surface area (Å²) >= 11 is 0. The molecule has 0 aromatic heterocycles. The Balaban J connectivity index is 1.38. The first-order valence-electron chi connectivity index (χ1n) is 13.8. The van der Waals surface area contributed by atoms with Crippen molar-refractivity contribution < 1.29 is 28.7 Å². The molecule has 3 amide bonds. The number of rotatable bonds is 9. The number of amides is 3. The van der Waals surface area contributed by atoms with Crippen molar-refractivity contribution in [3.05, 3.63) is 83.9 Å². The highest BCUT2D eigenvalue weighted by atomic mass is 16.5. The van der Waals surface area contributed by atoms with Gasteiger partial charge in [0.1, 0.15) is 17.8 Å². The Kier molecular flexibility index (Phi) is 8.26. The lowest BCUT2D eigenvalue weighted by molar-refractivity contribution is -0.143. The average Bonchev–Trinajstić information content (AvgIpc) is 3.25. The molecule has 3 aromatic carbocycles. The van der Waals surface area contributed by atoms with Gasteiger partial charge in [0.05, 0.1) is 31.6 Å². The standard InChI is InChI=1S/C32H34N4O6/c1-32(2,31(40)33-23-10-12-24(13-11-23)34-16-18-42-19-17-34)36(20-22-8-14-25(41-3)15-9-22)28(37)21-35-27-7-5-4-6-26(27)29(38)30(35)39/h4-15H,16-21H2,1-3H3,(H,33,40). The molecule has 10 nitrogen and oxygen atoms in total. The largest absolute Gasteiger partial charge is 0.497 e. The summed E-state index contributed by atoms with van der Waals surface area (Å²) < 4.78 is 10.7. The van der Waals surface area contributed by atoms with E-state index in [0.717, 1.165) is 24.3 Å². The quantitative estimate of drug-likeness (QED) is 0.392. The van der Waals surface area contributed by atoms with E-state index in [1.807, 2.05) is 36.4 Å². The molecule has 42 heavy (non-hydrogen) atoms. The zero-order valence-corrected chi connectivity index (χ0v) is 24.0. The molecule has 1 saturated heterocycles. The first-order valence-corrected chi connectivity index (χ1v) is 13.8. The van der Waals surface area contributed by atoms with E-state index in [9.17, 15) is 19.2 Å². The minimum atomic E-state index is -1.33. The molecule has 3 aromatic rings. The number of para-hydroxylation sites is 1. The minimum Gasteiger partial charge on any atom is -0.497 e. The van der Waals surface area contributed by atoms with Gasteiger partial charge in [-0.05, 0) is 67.9 Å². The maximum atomic E-state index is 13.9. The number of ether oxygens (including phenoxy) is 2. The molecule has 0 saturated carbocycles. The molecule has 0 atom stereocenters. The molecule has 2 heterocycles. The molecule has 10 heteroatoms. The fourth-order valence-electron chi connectivity index (χ4n) is 5.12. The van der Waals surface area contributed by atoms with Crippen LogP contribution >= 0.6 is 0 Å². The number of nitrogens with one attached hydrogen (secondary N) is 1. The summed E-state index contributed by atoms with van der Waals surface area (Å²) in [5.41, 5.74) is 1.71. The Morgan fingerprint density at radius 3 is 2.29 bits per heavy atom. The number of nitrogens with zero attached hydrogens (tertiary/aromatic N) is 3. The summed E-state index contributed by atoms with van der Waals surface area (Å²) in [4.78, 5) is 57.8. The van der Waals surface area contributed by atoms with Crippen molar-refractivity contribution in [2.45, 2.75) is 25.9 Å². The molecular weight excluding hydrogens is 536 g/mol. The fraction of sp³-hybridized carbons (Fsp3) is 0.312. The van der Waals surface area contributed by atoms with Crippen LogP contribution in [0.15, 0.2) is 72.8 Å². The van der Waals surface area contributed by atoms with Crippen LogP contribution in [0.1, 0.15) is 29.8 Å². The van der Waals surface area contributed by atoms with Crippen LogP contribution in [-0.2, 0) is 25.7 Å². The molecule has 2 aliphatic rings. The molecule has 0 aliphatic carbocycles.